The minimum atomic E-state index is 0.267. The van der Waals surface area contributed by atoms with Crippen LogP contribution in [0.15, 0.2) is 42.7 Å². The van der Waals surface area contributed by atoms with Crippen molar-refractivity contribution in [2.75, 3.05) is 33.3 Å². The van der Waals surface area contributed by atoms with E-state index in [0.29, 0.717) is 0 Å². The molecule has 0 spiro atoms. The predicted molar refractivity (Wildman–Crippen MR) is 86.4 cm³/mol. The van der Waals surface area contributed by atoms with Gasteiger partial charge in [-0.05, 0) is 7.05 Å². The fraction of sp³-hybridized carbons (Fsp3) is 0.412. The Morgan fingerprint density at radius 2 is 2.00 bits per heavy atom. The highest BCUT2D eigenvalue weighted by molar-refractivity contribution is 5.53. The molecule has 0 aliphatic carbocycles. The van der Waals surface area contributed by atoms with Crippen LogP contribution >= 0.6 is 0 Å². The average molecular weight is 298 g/mol. The van der Waals surface area contributed by atoms with Gasteiger partial charge < -0.3 is 15.0 Å². The van der Waals surface area contributed by atoms with Crippen LogP contribution in [0, 0.1) is 0 Å². The molecule has 1 saturated heterocycles. The van der Waals surface area contributed by atoms with Crippen LogP contribution in [-0.4, -0.2) is 54.3 Å². The van der Waals surface area contributed by atoms with Crippen LogP contribution in [0.2, 0.25) is 0 Å². The van der Waals surface area contributed by atoms with E-state index in [1.807, 2.05) is 42.7 Å². The van der Waals surface area contributed by atoms with Crippen molar-refractivity contribution in [2.45, 2.75) is 12.6 Å². The molecule has 1 aliphatic rings. The summed E-state index contributed by atoms with van der Waals surface area (Å²) in [5.74, 6) is 0.765. The Morgan fingerprint density at radius 1 is 1.23 bits per heavy atom. The number of hydrogen-bond acceptors (Lipinski definition) is 5. The van der Waals surface area contributed by atoms with Gasteiger partial charge in [-0.3, -0.25) is 0 Å². The second-order valence-corrected chi connectivity index (χ2v) is 5.67. The van der Waals surface area contributed by atoms with Gasteiger partial charge in [-0.1, -0.05) is 30.3 Å². The summed E-state index contributed by atoms with van der Waals surface area (Å²) < 4.78 is 5.73. The van der Waals surface area contributed by atoms with Gasteiger partial charge in [-0.15, -0.1) is 0 Å². The second-order valence-electron chi connectivity index (χ2n) is 5.67. The first-order valence-electron chi connectivity index (χ1n) is 7.68. The summed E-state index contributed by atoms with van der Waals surface area (Å²) in [6.07, 6.45) is 4.04. The van der Waals surface area contributed by atoms with E-state index in [9.17, 15) is 0 Å². The molecule has 1 unspecified atom stereocenters. The molecular formula is C17H22N4O. The smallest absolute Gasteiger partial charge is 0.159 e. The molecular weight excluding hydrogens is 276 g/mol. The Hall–Kier alpha value is -1.82. The quantitative estimate of drug-likeness (QED) is 0.908. The van der Waals surface area contributed by atoms with Crippen molar-refractivity contribution in [3.63, 3.8) is 0 Å². The Morgan fingerprint density at radius 3 is 2.73 bits per heavy atom. The largest absolute Gasteiger partial charge is 0.374 e. The van der Waals surface area contributed by atoms with E-state index in [-0.39, 0.29) is 6.10 Å². The summed E-state index contributed by atoms with van der Waals surface area (Å²) in [6, 6.07) is 10.0. The van der Waals surface area contributed by atoms with Gasteiger partial charge in [0.05, 0.1) is 12.7 Å². The molecule has 1 N–H and O–H groups in total. The van der Waals surface area contributed by atoms with Gasteiger partial charge in [0.1, 0.15) is 0 Å². The molecule has 3 rings (SSSR count). The van der Waals surface area contributed by atoms with Crippen LogP contribution in [-0.2, 0) is 11.3 Å². The van der Waals surface area contributed by atoms with Crippen molar-refractivity contribution in [3.8, 4) is 11.4 Å². The number of hydrogen-bond donors (Lipinski definition) is 1. The molecule has 1 aromatic carbocycles. The molecule has 0 radical (unpaired) electrons. The summed E-state index contributed by atoms with van der Waals surface area (Å²) in [4.78, 5) is 11.2. The van der Waals surface area contributed by atoms with Gasteiger partial charge in [0, 0.05) is 49.7 Å². The number of rotatable bonds is 5. The summed E-state index contributed by atoms with van der Waals surface area (Å²) in [7, 11) is 2.13. The molecule has 5 nitrogen and oxygen atoms in total. The van der Waals surface area contributed by atoms with E-state index < -0.39 is 0 Å². The molecule has 116 valence electrons. The summed E-state index contributed by atoms with van der Waals surface area (Å²) in [5, 5.41) is 3.42. The fourth-order valence-electron chi connectivity index (χ4n) is 2.55. The van der Waals surface area contributed by atoms with Crippen molar-refractivity contribution in [3.05, 3.63) is 48.3 Å². The Balaban J connectivity index is 1.49. The highest BCUT2D eigenvalue weighted by atomic mass is 16.5. The number of likely N-dealkylation sites (N-methyl/N-ethyl adjacent to an activating group) is 1. The molecule has 1 fully saturated rings. The lowest BCUT2D eigenvalue weighted by Crippen LogP contribution is -2.44. The number of aromatic nitrogens is 2. The van der Waals surface area contributed by atoms with Gasteiger partial charge in [0.15, 0.2) is 5.82 Å². The van der Waals surface area contributed by atoms with Crippen molar-refractivity contribution in [2.24, 2.45) is 0 Å². The summed E-state index contributed by atoms with van der Waals surface area (Å²) >= 11 is 0. The Labute approximate surface area is 131 Å². The van der Waals surface area contributed by atoms with Gasteiger partial charge in [0.2, 0.25) is 0 Å². The van der Waals surface area contributed by atoms with Crippen LogP contribution < -0.4 is 5.32 Å². The number of benzene rings is 1. The lowest BCUT2D eigenvalue weighted by atomic mass is 10.2. The monoisotopic (exact) mass is 298 g/mol. The molecule has 0 amide bonds. The summed E-state index contributed by atoms with van der Waals surface area (Å²) in [6.45, 7) is 4.43. The van der Waals surface area contributed by atoms with Gasteiger partial charge in [0.25, 0.3) is 0 Å². The van der Waals surface area contributed by atoms with E-state index in [4.69, 9.17) is 4.74 Å². The molecule has 1 aliphatic heterocycles. The molecule has 0 bridgehead atoms. The predicted octanol–water partition coefficient (Wildman–Crippen LogP) is 1.56. The minimum absolute atomic E-state index is 0.267. The van der Waals surface area contributed by atoms with E-state index >= 15 is 0 Å². The number of nitrogens with zero attached hydrogens (tertiary/aromatic N) is 3. The van der Waals surface area contributed by atoms with Gasteiger partial charge in [-0.25, -0.2) is 9.97 Å². The van der Waals surface area contributed by atoms with Gasteiger partial charge in [-0.2, -0.15) is 0 Å². The third kappa shape index (κ3) is 4.10. The first-order chi connectivity index (χ1) is 10.8. The van der Waals surface area contributed by atoms with E-state index in [2.05, 4.69) is 27.2 Å². The average Bonchev–Trinajstić information content (AvgIpc) is 2.56. The number of nitrogens with one attached hydrogen (secondary N) is 1. The van der Waals surface area contributed by atoms with E-state index in [1.165, 1.54) is 0 Å². The van der Waals surface area contributed by atoms with Crippen LogP contribution in [0.25, 0.3) is 11.4 Å². The first kappa shape index (κ1) is 15.1. The normalized spacial score (nSPS) is 19.2. The van der Waals surface area contributed by atoms with Crippen LogP contribution in [0.1, 0.15) is 5.56 Å². The molecule has 22 heavy (non-hydrogen) atoms. The van der Waals surface area contributed by atoms with E-state index in [1.54, 1.807) is 0 Å². The van der Waals surface area contributed by atoms with Crippen molar-refractivity contribution >= 4 is 0 Å². The molecule has 2 aromatic rings. The molecule has 0 saturated carbocycles. The minimum Gasteiger partial charge on any atom is -0.374 e. The third-order valence-corrected chi connectivity index (χ3v) is 3.78. The van der Waals surface area contributed by atoms with Crippen LogP contribution in [0.5, 0.6) is 0 Å². The SMILES string of the molecule is CN1CCOC(CNCc2cnc(-c3ccccc3)nc2)C1. The Bertz CT molecular complexity index is 573. The highest BCUT2D eigenvalue weighted by Gasteiger charge is 2.16. The highest BCUT2D eigenvalue weighted by Crippen LogP contribution is 2.13. The van der Waals surface area contributed by atoms with Crippen molar-refractivity contribution in [1.29, 1.82) is 0 Å². The lowest BCUT2D eigenvalue weighted by Gasteiger charge is -2.30. The fourth-order valence-corrected chi connectivity index (χ4v) is 2.55. The summed E-state index contributed by atoms with van der Waals surface area (Å²) in [5.41, 5.74) is 2.13. The zero-order chi connectivity index (χ0) is 15.2. The molecule has 2 heterocycles. The maximum absolute atomic E-state index is 5.73. The first-order valence-corrected chi connectivity index (χ1v) is 7.68. The number of ether oxygens (including phenoxy) is 1. The lowest BCUT2D eigenvalue weighted by molar-refractivity contribution is -0.0182. The van der Waals surface area contributed by atoms with Crippen molar-refractivity contribution in [1.82, 2.24) is 20.2 Å². The maximum atomic E-state index is 5.73. The zero-order valence-electron chi connectivity index (χ0n) is 12.9. The topological polar surface area (TPSA) is 50.3 Å². The maximum Gasteiger partial charge on any atom is 0.159 e. The zero-order valence-corrected chi connectivity index (χ0v) is 12.9. The van der Waals surface area contributed by atoms with Crippen LogP contribution in [0.3, 0.4) is 0 Å². The molecule has 1 aromatic heterocycles. The van der Waals surface area contributed by atoms with Crippen LogP contribution in [0.4, 0.5) is 0 Å². The van der Waals surface area contributed by atoms with Crippen molar-refractivity contribution < 1.29 is 4.74 Å². The van der Waals surface area contributed by atoms with Gasteiger partial charge >= 0.3 is 0 Å². The number of morpholine rings is 1. The Kier molecular flexibility index (Phi) is 5.11. The standard InChI is InChI=1S/C17H22N4O/c1-21-7-8-22-16(13-21)12-18-9-14-10-19-17(20-11-14)15-5-3-2-4-6-15/h2-6,10-11,16,18H,7-9,12-13H2,1H3. The molecule has 1 atom stereocenters. The van der Waals surface area contributed by atoms with E-state index in [0.717, 1.165) is 49.7 Å². The second kappa shape index (κ2) is 7.45. The molecule has 5 heteroatoms. The third-order valence-electron chi connectivity index (χ3n) is 3.78.